The zero-order valence-electron chi connectivity index (χ0n) is 12.1. The summed E-state index contributed by atoms with van der Waals surface area (Å²) >= 11 is 7.59. The highest BCUT2D eigenvalue weighted by Crippen LogP contribution is 2.30. The zero-order chi connectivity index (χ0) is 14.5. The van der Waals surface area contributed by atoms with Crippen LogP contribution < -0.4 is 5.32 Å². The molecule has 0 radical (unpaired) electrons. The fourth-order valence-electron chi connectivity index (χ4n) is 2.74. The lowest BCUT2D eigenvalue weighted by molar-refractivity contribution is -0.119. The van der Waals surface area contributed by atoms with Crippen LogP contribution in [-0.4, -0.2) is 17.7 Å². The topological polar surface area (TPSA) is 29.1 Å². The van der Waals surface area contributed by atoms with E-state index in [4.69, 9.17) is 11.6 Å². The fraction of sp³-hybridized carbons (Fsp3) is 0.562. The van der Waals surface area contributed by atoms with Crippen LogP contribution in [0.4, 0.5) is 0 Å². The smallest absolute Gasteiger partial charge is 0.230 e. The van der Waals surface area contributed by atoms with E-state index < -0.39 is 0 Å². The Morgan fingerprint density at radius 1 is 1.35 bits per heavy atom. The molecule has 1 aliphatic rings. The molecule has 4 heteroatoms. The van der Waals surface area contributed by atoms with E-state index in [1.807, 2.05) is 24.3 Å². The second-order valence-corrected chi connectivity index (χ2v) is 7.08. The summed E-state index contributed by atoms with van der Waals surface area (Å²) in [7, 11) is 0. The molecule has 0 spiro atoms. The number of nitrogens with one attached hydrogen (secondary N) is 1. The first kappa shape index (κ1) is 15.7. The number of carbonyl (C=O) groups excluding carboxylic acids is 1. The van der Waals surface area contributed by atoms with Crippen molar-refractivity contribution in [3.8, 4) is 0 Å². The Balaban J connectivity index is 1.82. The van der Waals surface area contributed by atoms with E-state index in [-0.39, 0.29) is 5.91 Å². The van der Waals surface area contributed by atoms with E-state index in [1.165, 1.54) is 24.6 Å². The van der Waals surface area contributed by atoms with Crippen molar-refractivity contribution in [3.05, 3.63) is 29.3 Å². The molecule has 20 heavy (non-hydrogen) atoms. The minimum Gasteiger partial charge on any atom is -0.352 e. The van der Waals surface area contributed by atoms with Crippen LogP contribution in [0.2, 0.25) is 5.02 Å². The summed E-state index contributed by atoms with van der Waals surface area (Å²) in [4.78, 5) is 13.0. The van der Waals surface area contributed by atoms with E-state index in [0.717, 1.165) is 11.3 Å². The Hall–Kier alpha value is -0.670. The SMILES string of the molecule is C[C@@H]1[C@H](C)CCC[C@H]1NC(=O)CSc1ccccc1Cl. The maximum atomic E-state index is 12.1. The minimum absolute atomic E-state index is 0.112. The molecule has 1 aromatic rings. The predicted molar refractivity (Wildman–Crippen MR) is 86.3 cm³/mol. The molecule has 1 saturated carbocycles. The molecule has 3 atom stereocenters. The summed E-state index contributed by atoms with van der Waals surface area (Å²) in [6, 6.07) is 7.98. The number of hydrogen-bond acceptors (Lipinski definition) is 2. The maximum Gasteiger partial charge on any atom is 0.230 e. The lowest BCUT2D eigenvalue weighted by atomic mass is 9.78. The molecular formula is C16H22ClNOS. The van der Waals surface area contributed by atoms with Crippen molar-refractivity contribution in [2.24, 2.45) is 11.8 Å². The molecule has 1 aliphatic carbocycles. The van der Waals surface area contributed by atoms with Crippen LogP contribution in [0, 0.1) is 11.8 Å². The van der Waals surface area contributed by atoms with Gasteiger partial charge in [-0.25, -0.2) is 0 Å². The fourth-order valence-corrected chi connectivity index (χ4v) is 3.79. The van der Waals surface area contributed by atoms with Crippen LogP contribution >= 0.6 is 23.4 Å². The number of rotatable bonds is 4. The molecule has 2 nitrogen and oxygen atoms in total. The summed E-state index contributed by atoms with van der Waals surface area (Å²) in [5, 5.41) is 3.90. The molecule has 0 heterocycles. The molecular weight excluding hydrogens is 290 g/mol. The van der Waals surface area contributed by atoms with Gasteiger partial charge in [-0.05, 0) is 30.4 Å². The van der Waals surface area contributed by atoms with Gasteiger partial charge in [0.15, 0.2) is 0 Å². The second kappa shape index (κ2) is 7.37. The lowest BCUT2D eigenvalue weighted by Gasteiger charge is -2.34. The molecule has 1 fully saturated rings. The molecule has 0 saturated heterocycles. The Kier molecular flexibility index (Phi) is 5.79. The third-order valence-electron chi connectivity index (χ3n) is 4.25. The van der Waals surface area contributed by atoms with Crippen molar-refractivity contribution in [1.29, 1.82) is 0 Å². The van der Waals surface area contributed by atoms with Gasteiger partial charge in [-0.15, -0.1) is 11.8 Å². The first-order valence-electron chi connectivity index (χ1n) is 7.24. The van der Waals surface area contributed by atoms with Gasteiger partial charge in [0.2, 0.25) is 5.91 Å². The monoisotopic (exact) mass is 311 g/mol. The zero-order valence-corrected chi connectivity index (χ0v) is 13.6. The van der Waals surface area contributed by atoms with Crippen molar-refractivity contribution in [2.75, 3.05) is 5.75 Å². The Morgan fingerprint density at radius 2 is 2.10 bits per heavy atom. The number of hydrogen-bond donors (Lipinski definition) is 1. The van der Waals surface area contributed by atoms with Crippen molar-refractivity contribution >= 4 is 29.3 Å². The van der Waals surface area contributed by atoms with Gasteiger partial charge < -0.3 is 5.32 Å². The van der Waals surface area contributed by atoms with Crippen LogP contribution in [0.3, 0.4) is 0 Å². The van der Waals surface area contributed by atoms with Crippen molar-refractivity contribution in [2.45, 2.75) is 44.0 Å². The van der Waals surface area contributed by atoms with E-state index in [2.05, 4.69) is 19.2 Å². The number of thioether (sulfide) groups is 1. The van der Waals surface area contributed by atoms with Crippen molar-refractivity contribution in [3.63, 3.8) is 0 Å². The number of amides is 1. The van der Waals surface area contributed by atoms with Crippen LogP contribution in [0.15, 0.2) is 29.2 Å². The normalized spacial score (nSPS) is 26.2. The second-order valence-electron chi connectivity index (χ2n) is 5.66. The molecule has 110 valence electrons. The Labute approximate surface area is 130 Å². The summed E-state index contributed by atoms with van der Waals surface area (Å²) < 4.78 is 0. The summed E-state index contributed by atoms with van der Waals surface area (Å²) in [6.07, 6.45) is 3.60. The van der Waals surface area contributed by atoms with Crippen molar-refractivity contribution in [1.82, 2.24) is 5.32 Å². The molecule has 0 bridgehead atoms. The number of benzene rings is 1. The van der Waals surface area contributed by atoms with Gasteiger partial charge in [0.25, 0.3) is 0 Å². The predicted octanol–water partition coefficient (Wildman–Crippen LogP) is 4.37. The highest BCUT2D eigenvalue weighted by Gasteiger charge is 2.27. The summed E-state index contributed by atoms with van der Waals surface area (Å²) in [6.45, 7) is 4.53. The third-order valence-corrected chi connectivity index (χ3v) is 5.76. The van der Waals surface area contributed by atoms with Crippen LogP contribution in [0.1, 0.15) is 33.1 Å². The summed E-state index contributed by atoms with van der Waals surface area (Å²) in [5.41, 5.74) is 0. The standard InChI is InChI=1S/C16H22ClNOS/c1-11-6-5-8-14(12(11)2)18-16(19)10-20-15-9-4-3-7-13(15)17/h3-4,7,9,11-12,14H,5-6,8,10H2,1-2H3,(H,18,19)/t11-,12-,14-/m1/s1. The molecule has 1 N–H and O–H groups in total. The third kappa shape index (κ3) is 4.16. The average molecular weight is 312 g/mol. The van der Waals surface area contributed by atoms with Gasteiger partial charge in [0, 0.05) is 10.9 Å². The van der Waals surface area contributed by atoms with Gasteiger partial charge in [-0.3, -0.25) is 4.79 Å². The molecule has 2 rings (SSSR count). The summed E-state index contributed by atoms with van der Waals surface area (Å²) in [5.74, 6) is 1.81. The quantitative estimate of drug-likeness (QED) is 0.836. The number of halogens is 1. The van der Waals surface area contributed by atoms with Gasteiger partial charge >= 0.3 is 0 Å². The molecule has 1 aromatic carbocycles. The largest absolute Gasteiger partial charge is 0.352 e. The van der Waals surface area contributed by atoms with E-state index >= 15 is 0 Å². The molecule has 0 aliphatic heterocycles. The highest BCUT2D eigenvalue weighted by atomic mass is 35.5. The van der Waals surface area contributed by atoms with Gasteiger partial charge in [-0.1, -0.05) is 50.4 Å². The van der Waals surface area contributed by atoms with E-state index in [1.54, 1.807) is 0 Å². The van der Waals surface area contributed by atoms with Gasteiger partial charge in [0.1, 0.15) is 0 Å². The van der Waals surface area contributed by atoms with Crippen LogP contribution in [-0.2, 0) is 4.79 Å². The van der Waals surface area contributed by atoms with E-state index in [9.17, 15) is 4.79 Å². The van der Waals surface area contributed by atoms with Crippen LogP contribution in [0.25, 0.3) is 0 Å². The van der Waals surface area contributed by atoms with Crippen molar-refractivity contribution < 1.29 is 4.79 Å². The highest BCUT2D eigenvalue weighted by molar-refractivity contribution is 8.00. The van der Waals surface area contributed by atoms with E-state index in [0.29, 0.717) is 28.7 Å². The first-order valence-corrected chi connectivity index (χ1v) is 8.61. The van der Waals surface area contributed by atoms with Crippen LogP contribution in [0.5, 0.6) is 0 Å². The minimum atomic E-state index is 0.112. The van der Waals surface area contributed by atoms with Gasteiger partial charge in [0.05, 0.1) is 10.8 Å². The number of carbonyl (C=O) groups is 1. The van der Waals surface area contributed by atoms with Gasteiger partial charge in [-0.2, -0.15) is 0 Å². The Morgan fingerprint density at radius 3 is 2.85 bits per heavy atom. The molecule has 0 aromatic heterocycles. The molecule has 0 unspecified atom stereocenters. The Bertz CT molecular complexity index is 466. The first-order chi connectivity index (χ1) is 9.58. The average Bonchev–Trinajstić information content (AvgIpc) is 2.43. The lowest BCUT2D eigenvalue weighted by Crippen LogP contribution is -2.44. The molecule has 1 amide bonds. The maximum absolute atomic E-state index is 12.1.